The molecule has 3 amide bonds. The van der Waals surface area contributed by atoms with Crippen molar-refractivity contribution in [1.82, 2.24) is 16.0 Å². The van der Waals surface area contributed by atoms with Gasteiger partial charge in [-0.05, 0) is 24.0 Å². The van der Waals surface area contributed by atoms with Crippen molar-refractivity contribution in [1.29, 1.82) is 0 Å². The maximum atomic E-state index is 13.5. The maximum absolute atomic E-state index is 13.5. The lowest BCUT2D eigenvalue weighted by atomic mass is 10.0. The van der Waals surface area contributed by atoms with E-state index in [0.717, 1.165) is 11.1 Å². The van der Waals surface area contributed by atoms with Gasteiger partial charge < -0.3 is 38.3 Å². The van der Waals surface area contributed by atoms with Gasteiger partial charge in [0.1, 0.15) is 18.1 Å². The number of hydrogen-bond acceptors (Lipinski definition) is 7. The van der Waals surface area contributed by atoms with Crippen LogP contribution in [0.15, 0.2) is 65.7 Å². The molecule has 0 saturated heterocycles. The summed E-state index contributed by atoms with van der Waals surface area (Å²) in [6.07, 6.45) is 0.958. The Morgan fingerprint density at radius 1 is 0.775 bits per heavy atom. The lowest BCUT2D eigenvalue weighted by Crippen LogP contribution is -2.58. The Kier molecular flexibility index (Phi) is 13.5. The smallest absolute Gasteiger partial charge is 0.327 e. The number of nitrogens with two attached hydrogens (primary N) is 3. The number of carboxylic acid groups (broad SMARTS) is 1. The SMILES string of the molecule is NC(N)=NCCC[C@H](N)C(=O)N[C@@H](Cc1ccccc1)C(=O)N[C@@H](Cc1ccccc1)C(=O)N[C@@H](CS)C(=O)O. The first-order chi connectivity index (χ1) is 19.1. The largest absolute Gasteiger partial charge is 0.480 e. The molecule has 0 aromatic heterocycles. The van der Waals surface area contributed by atoms with Crippen molar-refractivity contribution in [3.63, 3.8) is 0 Å². The Bertz CT molecular complexity index is 1150. The van der Waals surface area contributed by atoms with Crippen molar-refractivity contribution in [3.05, 3.63) is 71.8 Å². The van der Waals surface area contributed by atoms with Gasteiger partial charge >= 0.3 is 5.97 Å². The summed E-state index contributed by atoms with van der Waals surface area (Å²) in [4.78, 5) is 54.8. The fourth-order valence-electron chi connectivity index (χ4n) is 3.78. The molecule has 0 saturated carbocycles. The minimum Gasteiger partial charge on any atom is -0.480 e. The van der Waals surface area contributed by atoms with Crippen LogP contribution in [-0.4, -0.2) is 71.2 Å². The summed E-state index contributed by atoms with van der Waals surface area (Å²) in [7, 11) is 0. The molecule has 216 valence electrons. The molecule has 13 heteroatoms. The molecular weight excluding hydrogens is 534 g/mol. The monoisotopic (exact) mass is 571 g/mol. The zero-order chi connectivity index (χ0) is 29.5. The van der Waals surface area contributed by atoms with Gasteiger partial charge in [-0.1, -0.05) is 60.7 Å². The zero-order valence-electron chi connectivity index (χ0n) is 22.0. The third-order valence-corrected chi connectivity index (χ3v) is 6.30. The van der Waals surface area contributed by atoms with Crippen molar-refractivity contribution in [3.8, 4) is 0 Å². The topological polar surface area (TPSA) is 215 Å². The molecule has 10 N–H and O–H groups in total. The second-order valence-corrected chi connectivity index (χ2v) is 9.50. The van der Waals surface area contributed by atoms with E-state index in [1.165, 1.54) is 0 Å². The molecule has 0 fully saturated rings. The number of nitrogens with one attached hydrogen (secondary N) is 3. The Morgan fingerprint density at radius 2 is 1.23 bits per heavy atom. The third kappa shape index (κ3) is 11.3. The number of carboxylic acids is 1. The van der Waals surface area contributed by atoms with Crippen LogP contribution in [0.5, 0.6) is 0 Å². The van der Waals surface area contributed by atoms with Crippen LogP contribution in [0.3, 0.4) is 0 Å². The summed E-state index contributed by atoms with van der Waals surface area (Å²) in [5, 5.41) is 17.2. The van der Waals surface area contributed by atoms with Crippen molar-refractivity contribution in [2.45, 2.75) is 49.9 Å². The lowest BCUT2D eigenvalue weighted by Gasteiger charge is -2.25. The van der Waals surface area contributed by atoms with E-state index in [1.807, 2.05) is 12.1 Å². The van der Waals surface area contributed by atoms with E-state index in [9.17, 15) is 24.3 Å². The van der Waals surface area contributed by atoms with E-state index >= 15 is 0 Å². The second-order valence-electron chi connectivity index (χ2n) is 9.14. The maximum Gasteiger partial charge on any atom is 0.327 e. The number of rotatable bonds is 16. The molecule has 2 aromatic carbocycles. The molecule has 0 radical (unpaired) electrons. The van der Waals surface area contributed by atoms with Crippen LogP contribution < -0.4 is 33.2 Å². The molecule has 0 bridgehead atoms. The van der Waals surface area contributed by atoms with Crippen LogP contribution in [0.1, 0.15) is 24.0 Å². The minimum absolute atomic E-state index is 0.0595. The molecular formula is C27H37N7O5S. The molecule has 0 aliphatic carbocycles. The molecule has 0 aliphatic heterocycles. The average Bonchev–Trinajstić information content (AvgIpc) is 2.93. The third-order valence-electron chi connectivity index (χ3n) is 5.93. The highest BCUT2D eigenvalue weighted by Crippen LogP contribution is 2.08. The van der Waals surface area contributed by atoms with E-state index in [1.54, 1.807) is 48.5 Å². The van der Waals surface area contributed by atoms with Crippen molar-refractivity contribution in [2.24, 2.45) is 22.2 Å². The van der Waals surface area contributed by atoms with Crippen LogP contribution in [0.4, 0.5) is 0 Å². The Morgan fingerprint density at radius 3 is 1.65 bits per heavy atom. The summed E-state index contributed by atoms with van der Waals surface area (Å²) < 4.78 is 0. The van der Waals surface area contributed by atoms with E-state index < -0.39 is 47.9 Å². The number of thiol groups is 1. The molecule has 4 atom stereocenters. The van der Waals surface area contributed by atoms with E-state index in [4.69, 9.17) is 17.2 Å². The highest BCUT2D eigenvalue weighted by Gasteiger charge is 2.30. The average molecular weight is 572 g/mol. The van der Waals surface area contributed by atoms with Gasteiger partial charge in [0.15, 0.2) is 5.96 Å². The molecule has 0 spiro atoms. The molecule has 0 unspecified atom stereocenters. The highest BCUT2D eigenvalue weighted by atomic mass is 32.1. The molecule has 2 aromatic rings. The van der Waals surface area contributed by atoms with Gasteiger partial charge in [0.05, 0.1) is 6.04 Å². The van der Waals surface area contributed by atoms with E-state index in [-0.39, 0.29) is 31.0 Å². The van der Waals surface area contributed by atoms with Crippen LogP contribution >= 0.6 is 12.6 Å². The van der Waals surface area contributed by atoms with Gasteiger partial charge in [0.2, 0.25) is 17.7 Å². The van der Waals surface area contributed by atoms with Crippen molar-refractivity contribution < 1.29 is 24.3 Å². The first-order valence-electron chi connectivity index (χ1n) is 12.7. The number of aliphatic imine (C=N–C) groups is 1. The lowest BCUT2D eigenvalue weighted by molar-refractivity contribution is -0.141. The van der Waals surface area contributed by atoms with Gasteiger partial charge in [0, 0.05) is 25.1 Å². The standard InChI is InChI=1S/C27H37N7O5S/c28-19(12-7-13-31-27(29)30)23(35)32-20(14-17-8-3-1-4-9-17)24(36)33-21(15-18-10-5-2-6-11-18)25(37)34-22(16-40)26(38)39/h1-6,8-11,19-22,40H,7,12-16,28H2,(H,32,35)(H,33,36)(H,34,37)(H,38,39)(H4,29,30,31)/t19-,20-,21-,22-/m0/s1. The van der Waals surface area contributed by atoms with Crippen LogP contribution in [0.2, 0.25) is 0 Å². The highest BCUT2D eigenvalue weighted by molar-refractivity contribution is 7.80. The van der Waals surface area contributed by atoms with Gasteiger partial charge in [-0.3, -0.25) is 19.4 Å². The summed E-state index contributed by atoms with van der Waals surface area (Å²) >= 11 is 3.99. The first-order valence-corrected chi connectivity index (χ1v) is 13.4. The number of amides is 3. The molecule has 0 aliphatic rings. The Balaban J connectivity index is 2.22. The number of hydrogen-bond donors (Lipinski definition) is 8. The predicted molar refractivity (Wildman–Crippen MR) is 155 cm³/mol. The predicted octanol–water partition coefficient (Wildman–Crippen LogP) is -0.678. The second kappa shape index (κ2) is 16.8. The van der Waals surface area contributed by atoms with Crippen LogP contribution in [0, 0.1) is 0 Å². The summed E-state index contributed by atoms with van der Waals surface area (Å²) in [5.74, 6) is -3.32. The Hall–Kier alpha value is -4.10. The van der Waals surface area contributed by atoms with E-state index in [2.05, 4.69) is 33.6 Å². The van der Waals surface area contributed by atoms with Crippen molar-refractivity contribution in [2.75, 3.05) is 12.3 Å². The van der Waals surface area contributed by atoms with Gasteiger partial charge in [-0.2, -0.15) is 12.6 Å². The number of aliphatic carboxylic acids is 1. The number of benzene rings is 2. The fourth-order valence-corrected chi connectivity index (χ4v) is 4.02. The van der Waals surface area contributed by atoms with Gasteiger partial charge in [-0.15, -0.1) is 0 Å². The van der Waals surface area contributed by atoms with Gasteiger partial charge in [-0.25, -0.2) is 4.79 Å². The quantitative estimate of drug-likeness (QED) is 0.0558. The normalized spacial score (nSPS) is 13.7. The zero-order valence-corrected chi connectivity index (χ0v) is 22.9. The van der Waals surface area contributed by atoms with E-state index in [0.29, 0.717) is 13.0 Å². The molecule has 0 heterocycles. The number of nitrogens with zero attached hydrogens (tertiary/aromatic N) is 1. The Labute approximate surface area is 238 Å². The van der Waals surface area contributed by atoms with Crippen LogP contribution in [0.25, 0.3) is 0 Å². The number of guanidine groups is 1. The van der Waals surface area contributed by atoms with Crippen molar-refractivity contribution >= 4 is 42.3 Å². The summed E-state index contributed by atoms with van der Waals surface area (Å²) in [5.41, 5.74) is 18.2. The van der Waals surface area contributed by atoms with Gasteiger partial charge in [0.25, 0.3) is 0 Å². The minimum atomic E-state index is -1.25. The first kappa shape index (κ1) is 32.1. The number of carbonyl (C=O) groups excluding carboxylic acids is 3. The summed E-state index contributed by atoms with van der Waals surface area (Å²) in [6.45, 7) is 0.303. The molecule has 2 rings (SSSR count). The van der Waals surface area contributed by atoms with Crippen LogP contribution in [-0.2, 0) is 32.0 Å². The molecule has 12 nitrogen and oxygen atoms in total. The number of carbonyl (C=O) groups is 4. The fraction of sp³-hybridized carbons (Fsp3) is 0.370. The molecule has 40 heavy (non-hydrogen) atoms. The summed E-state index contributed by atoms with van der Waals surface area (Å²) in [6, 6.07) is 13.6.